The fraction of sp³-hybridized carbons (Fsp3) is 0.526. The molecule has 0 radical (unpaired) electrons. The second-order valence-electron chi connectivity index (χ2n) is 7.22. The molecule has 1 aliphatic heterocycles. The predicted octanol–water partition coefficient (Wildman–Crippen LogP) is 2.01. The number of rotatable bonds is 6. The molecule has 6 nitrogen and oxygen atoms in total. The van der Waals surface area contributed by atoms with Crippen LogP contribution >= 0.6 is 0 Å². The number of nitrogens with one attached hydrogen (secondary N) is 1. The average Bonchev–Trinajstić information content (AvgIpc) is 3.29. The van der Waals surface area contributed by atoms with Gasteiger partial charge in [-0.25, -0.2) is 4.98 Å². The van der Waals surface area contributed by atoms with Crippen LogP contribution in [0.4, 0.5) is 0 Å². The average molecular weight is 339 g/mol. The number of hydrogen-bond donors (Lipinski definition) is 1. The molecule has 1 aromatic carbocycles. The van der Waals surface area contributed by atoms with Crippen LogP contribution in [0, 0.1) is 5.92 Å². The predicted molar refractivity (Wildman–Crippen MR) is 94.7 cm³/mol. The standard InChI is InChI=1S/C19H25N5O/c25-19(22-17-8-9-17)18(16-6-2-1-3-7-16)23-10-4-5-15(11-23)12-24-14-20-13-21-24/h1-3,6-7,13-15,17-18H,4-5,8-12H2,(H,22,25)/t15-,18-/m1/s1. The van der Waals surface area contributed by atoms with E-state index in [2.05, 4.69) is 32.4 Å². The molecule has 132 valence electrons. The highest BCUT2D eigenvalue weighted by molar-refractivity contribution is 5.83. The normalized spacial score (nSPS) is 22.5. The van der Waals surface area contributed by atoms with Crippen LogP contribution in [0.5, 0.6) is 0 Å². The fourth-order valence-electron chi connectivity index (χ4n) is 3.74. The number of carbonyl (C=O) groups is 1. The molecule has 4 rings (SSSR count). The molecule has 2 heterocycles. The second kappa shape index (κ2) is 7.35. The Morgan fingerprint density at radius 2 is 2.08 bits per heavy atom. The minimum atomic E-state index is -0.194. The van der Waals surface area contributed by atoms with E-state index in [1.165, 1.54) is 6.42 Å². The number of likely N-dealkylation sites (tertiary alicyclic amines) is 1. The SMILES string of the molecule is O=C(NC1CC1)[C@@H](c1ccccc1)N1CCC[C@@H](Cn2cncn2)C1. The first-order valence-corrected chi connectivity index (χ1v) is 9.21. The molecule has 1 saturated heterocycles. The first-order valence-electron chi connectivity index (χ1n) is 9.21. The van der Waals surface area contributed by atoms with Crippen molar-refractivity contribution in [3.8, 4) is 0 Å². The van der Waals surface area contributed by atoms with Gasteiger partial charge in [-0.15, -0.1) is 0 Å². The van der Waals surface area contributed by atoms with Crippen LogP contribution in [-0.2, 0) is 11.3 Å². The van der Waals surface area contributed by atoms with E-state index in [1.54, 1.807) is 12.7 Å². The molecule has 0 spiro atoms. The third-order valence-electron chi connectivity index (χ3n) is 5.11. The number of amides is 1. The number of benzene rings is 1. The summed E-state index contributed by atoms with van der Waals surface area (Å²) in [6.07, 6.45) is 7.86. The van der Waals surface area contributed by atoms with Gasteiger partial charge in [-0.05, 0) is 43.7 Å². The van der Waals surface area contributed by atoms with E-state index in [4.69, 9.17) is 0 Å². The smallest absolute Gasteiger partial charge is 0.242 e. The van der Waals surface area contributed by atoms with Crippen LogP contribution in [0.2, 0.25) is 0 Å². The summed E-state index contributed by atoms with van der Waals surface area (Å²) in [5.41, 5.74) is 1.09. The number of piperidine rings is 1. The third-order valence-corrected chi connectivity index (χ3v) is 5.11. The maximum absolute atomic E-state index is 12.9. The van der Waals surface area contributed by atoms with Crippen LogP contribution < -0.4 is 5.32 Å². The summed E-state index contributed by atoms with van der Waals surface area (Å²) in [6.45, 7) is 2.74. The summed E-state index contributed by atoms with van der Waals surface area (Å²) < 4.78 is 1.90. The van der Waals surface area contributed by atoms with Gasteiger partial charge in [0.1, 0.15) is 18.7 Å². The van der Waals surface area contributed by atoms with Gasteiger partial charge in [0.05, 0.1) is 0 Å². The van der Waals surface area contributed by atoms with Crippen LogP contribution in [0.25, 0.3) is 0 Å². The van der Waals surface area contributed by atoms with Crippen molar-refractivity contribution in [1.82, 2.24) is 25.0 Å². The highest BCUT2D eigenvalue weighted by atomic mass is 16.2. The van der Waals surface area contributed by atoms with E-state index < -0.39 is 0 Å². The van der Waals surface area contributed by atoms with Crippen molar-refractivity contribution in [2.75, 3.05) is 13.1 Å². The topological polar surface area (TPSA) is 63.1 Å². The monoisotopic (exact) mass is 339 g/mol. The third kappa shape index (κ3) is 4.07. The number of nitrogens with zero attached hydrogens (tertiary/aromatic N) is 4. The summed E-state index contributed by atoms with van der Waals surface area (Å²) in [7, 11) is 0. The van der Waals surface area contributed by atoms with E-state index in [0.29, 0.717) is 12.0 Å². The van der Waals surface area contributed by atoms with Gasteiger partial charge in [-0.2, -0.15) is 5.10 Å². The van der Waals surface area contributed by atoms with E-state index in [0.717, 1.165) is 44.5 Å². The van der Waals surface area contributed by atoms with E-state index in [-0.39, 0.29) is 11.9 Å². The van der Waals surface area contributed by atoms with Gasteiger partial charge >= 0.3 is 0 Å². The van der Waals surface area contributed by atoms with Crippen molar-refractivity contribution in [3.63, 3.8) is 0 Å². The molecular weight excluding hydrogens is 314 g/mol. The van der Waals surface area contributed by atoms with Crippen LogP contribution in [0.15, 0.2) is 43.0 Å². The lowest BCUT2D eigenvalue weighted by atomic mass is 9.94. The lowest BCUT2D eigenvalue weighted by Gasteiger charge is -2.37. The molecule has 6 heteroatoms. The summed E-state index contributed by atoms with van der Waals surface area (Å²) in [6, 6.07) is 10.4. The van der Waals surface area contributed by atoms with Gasteiger partial charge < -0.3 is 5.32 Å². The highest BCUT2D eigenvalue weighted by Crippen LogP contribution is 2.29. The molecule has 2 aromatic rings. The van der Waals surface area contributed by atoms with Crippen LogP contribution in [0.1, 0.15) is 37.3 Å². The maximum atomic E-state index is 12.9. The van der Waals surface area contributed by atoms with Crippen molar-refractivity contribution in [2.45, 2.75) is 44.3 Å². The van der Waals surface area contributed by atoms with Crippen molar-refractivity contribution < 1.29 is 4.79 Å². The van der Waals surface area contributed by atoms with Crippen molar-refractivity contribution >= 4 is 5.91 Å². The summed E-state index contributed by atoms with van der Waals surface area (Å²) in [4.78, 5) is 19.3. The zero-order chi connectivity index (χ0) is 17.1. The molecule has 1 N–H and O–H groups in total. The molecule has 25 heavy (non-hydrogen) atoms. The van der Waals surface area contributed by atoms with Gasteiger partial charge in [0.15, 0.2) is 0 Å². The van der Waals surface area contributed by atoms with Crippen LogP contribution in [0.3, 0.4) is 0 Å². The Morgan fingerprint density at radius 3 is 2.80 bits per heavy atom. The Morgan fingerprint density at radius 1 is 1.24 bits per heavy atom. The molecule has 0 bridgehead atoms. The quantitative estimate of drug-likeness (QED) is 0.874. The Balaban J connectivity index is 1.50. The first kappa shape index (κ1) is 16.3. The summed E-state index contributed by atoms with van der Waals surface area (Å²) >= 11 is 0. The number of hydrogen-bond acceptors (Lipinski definition) is 4. The zero-order valence-corrected chi connectivity index (χ0v) is 14.4. The van der Waals surface area contributed by atoms with E-state index >= 15 is 0 Å². The molecule has 1 amide bonds. The fourth-order valence-corrected chi connectivity index (χ4v) is 3.74. The van der Waals surface area contributed by atoms with Crippen molar-refractivity contribution in [1.29, 1.82) is 0 Å². The Bertz CT molecular complexity index is 683. The minimum absolute atomic E-state index is 0.148. The molecule has 1 aromatic heterocycles. The number of carbonyl (C=O) groups excluding carboxylic acids is 1. The minimum Gasteiger partial charge on any atom is -0.352 e. The Kier molecular flexibility index (Phi) is 4.78. The highest BCUT2D eigenvalue weighted by Gasteiger charge is 2.34. The van der Waals surface area contributed by atoms with Gasteiger partial charge in [0, 0.05) is 19.1 Å². The Hall–Kier alpha value is -2.21. The largest absolute Gasteiger partial charge is 0.352 e. The molecule has 1 saturated carbocycles. The maximum Gasteiger partial charge on any atom is 0.242 e. The second-order valence-corrected chi connectivity index (χ2v) is 7.22. The van der Waals surface area contributed by atoms with Gasteiger partial charge in [-0.3, -0.25) is 14.4 Å². The lowest BCUT2D eigenvalue weighted by molar-refractivity contribution is -0.127. The molecular formula is C19H25N5O. The van der Waals surface area contributed by atoms with Gasteiger partial charge in [0.25, 0.3) is 0 Å². The first-order chi connectivity index (χ1) is 12.3. The molecule has 2 aliphatic rings. The summed E-state index contributed by atoms with van der Waals surface area (Å²) in [5.74, 6) is 0.644. The zero-order valence-electron chi connectivity index (χ0n) is 14.4. The summed E-state index contributed by atoms with van der Waals surface area (Å²) in [5, 5.41) is 7.43. The lowest BCUT2D eigenvalue weighted by Crippen LogP contribution is -2.46. The van der Waals surface area contributed by atoms with E-state index in [9.17, 15) is 4.79 Å². The molecule has 1 aliphatic carbocycles. The van der Waals surface area contributed by atoms with Crippen molar-refractivity contribution in [3.05, 3.63) is 48.5 Å². The molecule has 2 fully saturated rings. The van der Waals surface area contributed by atoms with Crippen LogP contribution in [-0.4, -0.2) is 44.7 Å². The van der Waals surface area contributed by atoms with Gasteiger partial charge in [-0.1, -0.05) is 30.3 Å². The Labute approximate surface area is 148 Å². The van der Waals surface area contributed by atoms with E-state index in [1.807, 2.05) is 22.9 Å². The molecule has 0 unspecified atom stereocenters. The van der Waals surface area contributed by atoms with Gasteiger partial charge in [0.2, 0.25) is 5.91 Å². The number of aromatic nitrogens is 3. The van der Waals surface area contributed by atoms with Crippen molar-refractivity contribution in [2.24, 2.45) is 5.92 Å². The molecule has 2 atom stereocenters.